The standard InChI is InChI=1S/C16H16N4O3/c1-3-23-15(21)13-10(2)20(19-16(18)22)14(12(13)9-17)11-7-5-4-6-8-11/h4-8H,3H2,1-2H3,(H3,18,19,22). The van der Waals surface area contributed by atoms with Gasteiger partial charge in [0.1, 0.15) is 11.6 Å². The number of hydrogen-bond acceptors (Lipinski definition) is 4. The van der Waals surface area contributed by atoms with Crippen LogP contribution in [0.4, 0.5) is 4.79 Å². The van der Waals surface area contributed by atoms with E-state index in [1.807, 2.05) is 12.1 Å². The number of rotatable bonds is 4. The van der Waals surface area contributed by atoms with Crippen LogP contribution in [0, 0.1) is 18.3 Å². The van der Waals surface area contributed by atoms with Gasteiger partial charge in [0.2, 0.25) is 0 Å². The molecule has 23 heavy (non-hydrogen) atoms. The fraction of sp³-hybridized carbons (Fsp3) is 0.188. The zero-order valence-corrected chi connectivity index (χ0v) is 12.8. The normalized spacial score (nSPS) is 9.96. The van der Waals surface area contributed by atoms with Gasteiger partial charge in [0.05, 0.1) is 23.6 Å². The van der Waals surface area contributed by atoms with E-state index in [0.717, 1.165) is 0 Å². The first-order valence-corrected chi connectivity index (χ1v) is 6.95. The number of amides is 2. The van der Waals surface area contributed by atoms with E-state index in [9.17, 15) is 14.9 Å². The molecule has 7 heteroatoms. The van der Waals surface area contributed by atoms with Gasteiger partial charge in [0.25, 0.3) is 0 Å². The first kappa shape index (κ1) is 16.1. The Morgan fingerprint density at radius 2 is 2.00 bits per heavy atom. The SMILES string of the molecule is CCOC(=O)c1c(C#N)c(-c2ccccc2)n(NC(N)=O)c1C. The number of nitrogens with zero attached hydrogens (tertiary/aromatic N) is 2. The van der Waals surface area contributed by atoms with Crippen molar-refractivity contribution in [1.82, 2.24) is 4.68 Å². The molecule has 0 saturated heterocycles. The number of aromatic nitrogens is 1. The maximum Gasteiger partial charge on any atom is 0.341 e. The van der Waals surface area contributed by atoms with Crippen molar-refractivity contribution in [3.05, 3.63) is 47.2 Å². The minimum atomic E-state index is -0.805. The molecule has 0 aliphatic rings. The van der Waals surface area contributed by atoms with Gasteiger partial charge in [-0.1, -0.05) is 30.3 Å². The van der Waals surface area contributed by atoms with Gasteiger partial charge in [-0.3, -0.25) is 4.68 Å². The van der Waals surface area contributed by atoms with Crippen LogP contribution in [0.3, 0.4) is 0 Å². The van der Waals surface area contributed by atoms with Crippen LogP contribution in [0.2, 0.25) is 0 Å². The minimum Gasteiger partial charge on any atom is -0.462 e. The molecule has 7 nitrogen and oxygen atoms in total. The quantitative estimate of drug-likeness (QED) is 0.842. The highest BCUT2D eigenvalue weighted by Gasteiger charge is 2.27. The number of esters is 1. The van der Waals surface area contributed by atoms with Crippen LogP contribution in [-0.4, -0.2) is 23.3 Å². The van der Waals surface area contributed by atoms with Gasteiger partial charge in [-0.25, -0.2) is 15.0 Å². The van der Waals surface area contributed by atoms with Gasteiger partial charge in [-0.2, -0.15) is 5.26 Å². The van der Waals surface area contributed by atoms with Crippen molar-refractivity contribution in [2.75, 3.05) is 12.0 Å². The van der Waals surface area contributed by atoms with E-state index < -0.39 is 12.0 Å². The fourth-order valence-electron chi connectivity index (χ4n) is 2.37. The Morgan fingerprint density at radius 3 is 2.52 bits per heavy atom. The molecule has 1 aromatic carbocycles. The van der Waals surface area contributed by atoms with E-state index in [1.54, 1.807) is 38.1 Å². The van der Waals surface area contributed by atoms with Crippen LogP contribution in [-0.2, 0) is 4.74 Å². The van der Waals surface area contributed by atoms with E-state index in [1.165, 1.54) is 4.68 Å². The largest absolute Gasteiger partial charge is 0.462 e. The third-order valence-corrected chi connectivity index (χ3v) is 3.27. The van der Waals surface area contributed by atoms with E-state index in [4.69, 9.17) is 10.5 Å². The van der Waals surface area contributed by atoms with Crippen LogP contribution in [0.25, 0.3) is 11.3 Å². The lowest BCUT2D eigenvalue weighted by Gasteiger charge is -2.11. The second-order valence-electron chi connectivity index (χ2n) is 4.69. The third-order valence-electron chi connectivity index (χ3n) is 3.27. The predicted octanol–water partition coefficient (Wildman–Crippen LogP) is 2.13. The number of ether oxygens (including phenoxy) is 1. The lowest BCUT2D eigenvalue weighted by atomic mass is 10.1. The molecule has 0 radical (unpaired) electrons. The molecular weight excluding hydrogens is 296 g/mol. The first-order valence-electron chi connectivity index (χ1n) is 6.95. The van der Waals surface area contributed by atoms with Crippen molar-refractivity contribution in [3.63, 3.8) is 0 Å². The molecule has 0 aliphatic heterocycles. The zero-order chi connectivity index (χ0) is 17.0. The van der Waals surface area contributed by atoms with Crippen molar-refractivity contribution in [1.29, 1.82) is 5.26 Å². The molecule has 0 fully saturated rings. The number of nitrogens with one attached hydrogen (secondary N) is 1. The highest BCUT2D eigenvalue weighted by molar-refractivity contribution is 5.97. The summed E-state index contributed by atoms with van der Waals surface area (Å²) in [6, 6.07) is 10.2. The van der Waals surface area contributed by atoms with Gasteiger partial charge in [0.15, 0.2) is 0 Å². The molecule has 2 rings (SSSR count). The van der Waals surface area contributed by atoms with Crippen LogP contribution in [0.5, 0.6) is 0 Å². The second kappa shape index (κ2) is 6.66. The maximum absolute atomic E-state index is 12.2. The molecule has 2 aromatic rings. The summed E-state index contributed by atoms with van der Waals surface area (Å²) in [6.45, 7) is 3.46. The summed E-state index contributed by atoms with van der Waals surface area (Å²) >= 11 is 0. The topological polar surface area (TPSA) is 110 Å². The highest BCUT2D eigenvalue weighted by Crippen LogP contribution is 2.30. The fourth-order valence-corrected chi connectivity index (χ4v) is 2.37. The molecule has 0 atom stereocenters. The van der Waals surface area contributed by atoms with Gasteiger partial charge >= 0.3 is 12.0 Å². The van der Waals surface area contributed by atoms with Crippen molar-refractivity contribution in [2.45, 2.75) is 13.8 Å². The molecule has 3 N–H and O–H groups in total. The summed E-state index contributed by atoms with van der Waals surface area (Å²) in [7, 11) is 0. The Hall–Kier alpha value is -3.27. The summed E-state index contributed by atoms with van der Waals surface area (Å²) in [4.78, 5) is 23.5. The van der Waals surface area contributed by atoms with E-state index in [-0.39, 0.29) is 17.7 Å². The van der Waals surface area contributed by atoms with Crippen LogP contribution >= 0.6 is 0 Å². The molecule has 118 valence electrons. The number of urea groups is 1. The molecule has 0 bridgehead atoms. The number of nitrogens with two attached hydrogens (primary N) is 1. The molecule has 0 spiro atoms. The van der Waals surface area contributed by atoms with Crippen molar-refractivity contribution >= 4 is 12.0 Å². The zero-order valence-electron chi connectivity index (χ0n) is 12.8. The number of nitriles is 1. The molecule has 0 aliphatic carbocycles. The predicted molar refractivity (Wildman–Crippen MR) is 84.2 cm³/mol. The third kappa shape index (κ3) is 3.01. The highest BCUT2D eigenvalue weighted by atomic mass is 16.5. The smallest absolute Gasteiger partial charge is 0.341 e. The number of carbonyl (C=O) groups is 2. The average Bonchev–Trinajstić information content (AvgIpc) is 2.80. The van der Waals surface area contributed by atoms with Gasteiger partial charge in [-0.15, -0.1) is 0 Å². The number of hydrogen-bond donors (Lipinski definition) is 2. The Balaban J connectivity index is 2.77. The Bertz CT molecular complexity index is 788. The van der Waals surface area contributed by atoms with E-state index in [0.29, 0.717) is 17.0 Å². The Kier molecular flexibility index (Phi) is 4.66. The van der Waals surface area contributed by atoms with Crippen molar-refractivity contribution in [3.8, 4) is 17.3 Å². The molecule has 0 saturated carbocycles. The second-order valence-corrected chi connectivity index (χ2v) is 4.69. The Labute approximate surface area is 133 Å². The minimum absolute atomic E-state index is 0.113. The van der Waals surface area contributed by atoms with Crippen LogP contribution in [0.15, 0.2) is 30.3 Å². The monoisotopic (exact) mass is 312 g/mol. The molecule has 0 unspecified atom stereocenters. The first-order chi connectivity index (χ1) is 11.0. The number of primary amides is 1. The molecular formula is C16H16N4O3. The lowest BCUT2D eigenvalue weighted by Crippen LogP contribution is -2.29. The lowest BCUT2D eigenvalue weighted by molar-refractivity contribution is 0.0525. The summed E-state index contributed by atoms with van der Waals surface area (Å²) < 4.78 is 6.35. The maximum atomic E-state index is 12.2. The number of benzene rings is 1. The Morgan fingerprint density at radius 1 is 1.35 bits per heavy atom. The summed E-state index contributed by atoms with van der Waals surface area (Å²) in [6.07, 6.45) is 0. The van der Waals surface area contributed by atoms with Gasteiger partial charge in [0, 0.05) is 5.56 Å². The summed E-state index contributed by atoms with van der Waals surface area (Å²) in [5.74, 6) is -0.622. The van der Waals surface area contributed by atoms with Gasteiger partial charge in [-0.05, 0) is 13.8 Å². The average molecular weight is 312 g/mol. The number of carbonyl (C=O) groups excluding carboxylic acids is 2. The van der Waals surface area contributed by atoms with Crippen LogP contribution < -0.4 is 11.2 Å². The van der Waals surface area contributed by atoms with Crippen molar-refractivity contribution in [2.24, 2.45) is 5.73 Å². The summed E-state index contributed by atoms with van der Waals surface area (Å²) in [5, 5.41) is 9.53. The molecule has 1 heterocycles. The molecule has 2 amide bonds. The van der Waals surface area contributed by atoms with E-state index in [2.05, 4.69) is 5.43 Å². The van der Waals surface area contributed by atoms with Crippen LogP contribution in [0.1, 0.15) is 28.5 Å². The van der Waals surface area contributed by atoms with Crippen molar-refractivity contribution < 1.29 is 14.3 Å². The molecule has 1 aromatic heterocycles. The summed E-state index contributed by atoms with van der Waals surface area (Å²) in [5.41, 5.74) is 9.29. The van der Waals surface area contributed by atoms with E-state index >= 15 is 0 Å². The van der Waals surface area contributed by atoms with Gasteiger partial charge < -0.3 is 10.5 Å².